The van der Waals surface area contributed by atoms with Crippen LogP contribution in [0.5, 0.6) is 0 Å². The summed E-state index contributed by atoms with van der Waals surface area (Å²) in [6.07, 6.45) is 4.38. The quantitative estimate of drug-likeness (QED) is 0.591. The molecule has 2 heterocycles. The highest BCUT2D eigenvalue weighted by Crippen LogP contribution is 2.26. The smallest absolute Gasteiger partial charge is 0.243 e. The van der Waals surface area contributed by atoms with Crippen LogP contribution in [0.25, 0.3) is 5.69 Å². The first-order valence-electron chi connectivity index (χ1n) is 10.2. The number of sulfonamides is 1. The summed E-state index contributed by atoms with van der Waals surface area (Å²) in [6.45, 7) is 0.765. The highest BCUT2D eigenvalue weighted by molar-refractivity contribution is 7.89. The summed E-state index contributed by atoms with van der Waals surface area (Å²) in [5.41, 5.74) is 1.80. The molecule has 0 atom stereocenters. The Morgan fingerprint density at radius 1 is 1.16 bits per heavy atom. The second kappa shape index (κ2) is 9.40. The number of amides is 1. The van der Waals surface area contributed by atoms with Gasteiger partial charge in [-0.1, -0.05) is 29.8 Å². The Balaban J connectivity index is 1.31. The first kappa shape index (κ1) is 22.4. The lowest BCUT2D eigenvalue weighted by Crippen LogP contribution is -2.42. The lowest BCUT2D eigenvalue weighted by Gasteiger charge is -2.30. The van der Waals surface area contributed by atoms with E-state index in [1.165, 1.54) is 10.4 Å². The van der Waals surface area contributed by atoms with Crippen molar-refractivity contribution in [2.24, 2.45) is 5.92 Å². The van der Waals surface area contributed by atoms with Gasteiger partial charge in [0.2, 0.25) is 15.9 Å². The van der Waals surface area contributed by atoms with Crippen LogP contribution >= 0.6 is 11.6 Å². The van der Waals surface area contributed by atoms with Gasteiger partial charge in [-0.3, -0.25) is 4.79 Å². The van der Waals surface area contributed by atoms with Crippen LogP contribution in [0.2, 0.25) is 5.02 Å². The highest BCUT2D eigenvalue weighted by atomic mass is 35.5. The Bertz CT molecular complexity index is 1210. The summed E-state index contributed by atoms with van der Waals surface area (Å²) in [4.78, 5) is 12.5. The Kier molecular flexibility index (Phi) is 6.59. The van der Waals surface area contributed by atoms with E-state index in [2.05, 4.69) is 10.4 Å². The average Bonchev–Trinajstić information content (AvgIpc) is 3.29. The van der Waals surface area contributed by atoms with E-state index in [4.69, 9.17) is 11.6 Å². The zero-order chi connectivity index (χ0) is 22.7. The van der Waals surface area contributed by atoms with Gasteiger partial charge in [0.25, 0.3) is 0 Å². The highest BCUT2D eigenvalue weighted by Gasteiger charge is 2.32. The van der Waals surface area contributed by atoms with E-state index in [1.807, 2.05) is 36.5 Å². The number of benzene rings is 2. The molecule has 0 radical (unpaired) electrons. The molecule has 168 valence electrons. The van der Waals surface area contributed by atoms with Gasteiger partial charge in [0, 0.05) is 37.3 Å². The fraction of sp³-hybridized carbons (Fsp3) is 0.273. The third-order valence-corrected chi connectivity index (χ3v) is 7.66. The van der Waals surface area contributed by atoms with Gasteiger partial charge in [-0.15, -0.1) is 0 Å². The van der Waals surface area contributed by atoms with Crippen LogP contribution in [-0.2, 0) is 21.4 Å². The minimum Gasteiger partial charge on any atom is -0.352 e. The third kappa shape index (κ3) is 4.85. The number of nitrogens with one attached hydrogen (secondary N) is 1. The van der Waals surface area contributed by atoms with Crippen molar-refractivity contribution in [2.45, 2.75) is 24.3 Å². The SMILES string of the molecule is O=C(NCc1cnn(-c2ccccc2)c1)C1CCN(S(=O)(=O)c2ccc(F)c(Cl)c2)CC1. The number of rotatable bonds is 6. The van der Waals surface area contributed by atoms with E-state index in [0.29, 0.717) is 19.4 Å². The van der Waals surface area contributed by atoms with Crippen LogP contribution in [0.3, 0.4) is 0 Å². The lowest BCUT2D eigenvalue weighted by molar-refractivity contribution is -0.126. The molecule has 1 aliphatic rings. The molecule has 1 N–H and O–H groups in total. The zero-order valence-corrected chi connectivity index (χ0v) is 18.7. The number of nitrogens with zero attached hydrogens (tertiary/aromatic N) is 3. The van der Waals surface area contributed by atoms with Gasteiger partial charge in [-0.05, 0) is 43.2 Å². The van der Waals surface area contributed by atoms with Crippen molar-refractivity contribution in [3.05, 3.63) is 77.3 Å². The first-order chi connectivity index (χ1) is 15.3. The molecule has 3 aromatic rings. The molecule has 0 saturated carbocycles. The van der Waals surface area contributed by atoms with E-state index in [0.717, 1.165) is 23.4 Å². The van der Waals surface area contributed by atoms with Crippen molar-refractivity contribution in [1.82, 2.24) is 19.4 Å². The fourth-order valence-corrected chi connectivity index (χ4v) is 5.39. The van der Waals surface area contributed by atoms with Gasteiger partial charge in [0.05, 0.1) is 21.8 Å². The Morgan fingerprint density at radius 2 is 1.88 bits per heavy atom. The van der Waals surface area contributed by atoms with E-state index >= 15 is 0 Å². The van der Waals surface area contributed by atoms with Crippen molar-refractivity contribution >= 4 is 27.5 Å². The molecule has 7 nitrogen and oxygen atoms in total. The summed E-state index contributed by atoms with van der Waals surface area (Å²) in [5, 5.41) is 6.99. The van der Waals surface area contributed by atoms with Gasteiger partial charge in [0.1, 0.15) is 5.82 Å². The van der Waals surface area contributed by atoms with E-state index < -0.39 is 15.8 Å². The van der Waals surface area contributed by atoms with Crippen LogP contribution in [0.4, 0.5) is 4.39 Å². The van der Waals surface area contributed by atoms with Crippen LogP contribution in [-0.4, -0.2) is 41.5 Å². The van der Waals surface area contributed by atoms with E-state index in [1.54, 1.807) is 10.9 Å². The molecule has 1 aliphatic heterocycles. The molecule has 0 unspecified atom stereocenters. The molecule has 1 saturated heterocycles. The summed E-state index contributed by atoms with van der Waals surface area (Å²) in [6, 6.07) is 13.0. The van der Waals surface area contributed by atoms with Crippen LogP contribution in [0, 0.1) is 11.7 Å². The number of carbonyl (C=O) groups is 1. The number of hydrogen-bond donors (Lipinski definition) is 1. The van der Waals surface area contributed by atoms with Gasteiger partial charge in [-0.2, -0.15) is 9.40 Å². The molecule has 0 spiro atoms. The minimum absolute atomic E-state index is 0.0535. The molecular formula is C22H22ClFN4O3S. The summed E-state index contributed by atoms with van der Waals surface area (Å²) in [5.74, 6) is -1.06. The first-order valence-corrected chi connectivity index (χ1v) is 12.0. The molecule has 4 rings (SSSR count). The van der Waals surface area contributed by atoms with Gasteiger partial charge in [-0.25, -0.2) is 17.5 Å². The molecular weight excluding hydrogens is 455 g/mol. The average molecular weight is 477 g/mol. The number of piperidine rings is 1. The van der Waals surface area contributed by atoms with Crippen molar-refractivity contribution in [1.29, 1.82) is 0 Å². The van der Waals surface area contributed by atoms with Crippen LogP contribution in [0.15, 0.2) is 65.8 Å². The maximum absolute atomic E-state index is 13.4. The van der Waals surface area contributed by atoms with Crippen molar-refractivity contribution < 1.29 is 17.6 Å². The maximum atomic E-state index is 13.4. The molecule has 1 aromatic heterocycles. The molecule has 1 amide bonds. The van der Waals surface area contributed by atoms with Crippen molar-refractivity contribution in [3.63, 3.8) is 0 Å². The van der Waals surface area contributed by atoms with Crippen molar-refractivity contribution in [3.8, 4) is 5.69 Å². The molecule has 2 aromatic carbocycles. The second-order valence-electron chi connectivity index (χ2n) is 7.60. The molecule has 32 heavy (non-hydrogen) atoms. The van der Waals surface area contributed by atoms with E-state index in [-0.39, 0.29) is 34.8 Å². The predicted octanol–water partition coefficient (Wildman–Crippen LogP) is 3.38. The number of hydrogen-bond acceptors (Lipinski definition) is 4. The number of carbonyl (C=O) groups excluding carboxylic acids is 1. The molecule has 0 aliphatic carbocycles. The number of para-hydroxylation sites is 1. The summed E-state index contributed by atoms with van der Waals surface area (Å²) >= 11 is 5.73. The molecule has 0 bridgehead atoms. The predicted molar refractivity (Wildman–Crippen MR) is 118 cm³/mol. The number of halogens is 2. The topological polar surface area (TPSA) is 84.3 Å². The van der Waals surface area contributed by atoms with Gasteiger partial charge in [0.15, 0.2) is 0 Å². The van der Waals surface area contributed by atoms with Crippen LogP contribution < -0.4 is 5.32 Å². The fourth-order valence-electron chi connectivity index (χ4n) is 3.65. The monoisotopic (exact) mass is 476 g/mol. The van der Waals surface area contributed by atoms with Crippen LogP contribution in [0.1, 0.15) is 18.4 Å². The largest absolute Gasteiger partial charge is 0.352 e. The minimum atomic E-state index is -3.79. The lowest BCUT2D eigenvalue weighted by atomic mass is 9.97. The van der Waals surface area contributed by atoms with Crippen molar-refractivity contribution in [2.75, 3.05) is 13.1 Å². The Labute approximate surface area is 190 Å². The Morgan fingerprint density at radius 3 is 2.56 bits per heavy atom. The molecule has 1 fully saturated rings. The summed E-state index contributed by atoms with van der Waals surface area (Å²) in [7, 11) is -3.79. The summed E-state index contributed by atoms with van der Waals surface area (Å²) < 4.78 is 42.0. The van der Waals surface area contributed by atoms with E-state index in [9.17, 15) is 17.6 Å². The second-order valence-corrected chi connectivity index (χ2v) is 9.95. The molecule has 10 heteroatoms. The third-order valence-electron chi connectivity index (χ3n) is 5.48. The maximum Gasteiger partial charge on any atom is 0.243 e. The number of aromatic nitrogens is 2. The van der Waals surface area contributed by atoms with Gasteiger partial charge < -0.3 is 5.32 Å². The van der Waals surface area contributed by atoms with Gasteiger partial charge >= 0.3 is 0 Å². The normalized spacial score (nSPS) is 15.6. The Hall–Kier alpha value is -2.75. The zero-order valence-electron chi connectivity index (χ0n) is 17.1. The standard InChI is InChI=1S/C22H22ClFN4O3S/c23-20-12-19(6-7-21(20)24)32(30,31)27-10-8-17(9-11-27)22(29)25-13-16-14-26-28(15-16)18-4-2-1-3-5-18/h1-7,12,14-15,17H,8-11,13H2,(H,25,29).